The third-order valence-corrected chi connectivity index (χ3v) is 4.01. The minimum absolute atomic E-state index is 0.191. The van der Waals surface area contributed by atoms with E-state index >= 15 is 0 Å². The van der Waals surface area contributed by atoms with Crippen molar-refractivity contribution < 1.29 is 9.52 Å². The molecule has 0 aliphatic carbocycles. The Balaban J connectivity index is 1.88. The van der Waals surface area contributed by atoms with Crippen LogP contribution in [0, 0.1) is 18.3 Å². The third kappa shape index (κ3) is 3.21. The predicted molar refractivity (Wildman–Crippen MR) is 93.0 cm³/mol. The smallest absolute Gasteiger partial charge is 0.137 e. The van der Waals surface area contributed by atoms with Crippen molar-refractivity contribution >= 4 is 28.3 Å². The highest BCUT2D eigenvalue weighted by Gasteiger charge is 2.26. The number of furan rings is 1. The van der Waals surface area contributed by atoms with E-state index in [1.54, 1.807) is 43.3 Å². The molecule has 0 aliphatic rings. The Labute approximate surface area is 144 Å². The fraction of sp³-hybridized carbons (Fsp3) is 0.222. The average molecular weight is 342 g/mol. The first-order valence-corrected chi connectivity index (χ1v) is 7.80. The lowest BCUT2D eigenvalue weighted by Crippen LogP contribution is -2.30. The summed E-state index contributed by atoms with van der Waals surface area (Å²) < 4.78 is 5.49. The summed E-state index contributed by atoms with van der Waals surface area (Å²) in [4.78, 5) is 4.46. The number of rotatable bonds is 4. The zero-order valence-electron chi connectivity index (χ0n) is 13.3. The van der Waals surface area contributed by atoms with Gasteiger partial charge in [0.1, 0.15) is 22.9 Å². The molecule has 3 aromatic rings. The van der Waals surface area contributed by atoms with E-state index in [2.05, 4.69) is 16.4 Å². The van der Waals surface area contributed by atoms with Crippen LogP contribution in [0.4, 0.5) is 5.82 Å². The molecule has 1 atom stereocenters. The Morgan fingerprint density at radius 3 is 2.79 bits per heavy atom. The first-order chi connectivity index (χ1) is 11.4. The molecule has 0 bridgehead atoms. The molecule has 1 unspecified atom stereocenters. The van der Waals surface area contributed by atoms with Gasteiger partial charge in [-0.05, 0) is 50.2 Å². The van der Waals surface area contributed by atoms with Crippen LogP contribution in [0.15, 0.2) is 40.8 Å². The van der Waals surface area contributed by atoms with Crippen LogP contribution in [0.1, 0.15) is 24.0 Å². The second-order valence-corrected chi connectivity index (χ2v) is 6.30. The highest BCUT2D eigenvalue weighted by Crippen LogP contribution is 2.26. The summed E-state index contributed by atoms with van der Waals surface area (Å²) in [6.07, 6.45) is 0. The van der Waals surface area contributed by atoms with E-state index in [9.17, 15) is 10.4 Å². The normalized spacial score (nSPS) is 13.5. The maximum absolute atomic E-state index is 10.6. The van der Waals surface area contributed by atoms with E-state index in [-0.39, 0.29) is 6.54 Å². The lowest BCUT2D eigenvalue weighted by molar-refractivity contribution is 0.0467. The van der Waals surface area contributed by atoms with E-state index in [0.717, 1.165) is 5.76 Å². The number of aryl methyl sites for hydroxylation is 1. The Morgan fingerprint density at radius 2 is 2.12 bits per heavy atom. The number of aromatic nitrogens is 1. The summed E-state index contributed by atoms with van der Waals surface area (Å²) in [7, 11) is 0. The summed E-state index contributed by atoms with van der Waals surface area (Å²) in [5.41, 5.74) is -0.0644. The fourth-order valence-electron chi connectivity index (χ4n) is 2.45. The van der Waals surface area contributed by atoms with Gasteiger partial charge in [-0.2, -0.15) is 5.26 Å². The van der Waals surface area contributed by atoms with Gasteiger partial charge in [-0.1, -0.05) is 11.6 Å². The molecule has 3 rings (SSSR count). The zero-order valence-corrected chi connectivity index (χ0v) is 14.1. The third-order valence-electron chi connectivity index (χ3n) is 3.78. The summed E-state index contributed by atoms with van der Waals surface area (Å²) in [6, 6.07) is 12.5. The maximum Gasteiger partial charge on any atom is 0.137 e. The molecule has 122 valence electrons. The number of nitrogens with zero attached hydrogens (tertiary/aromatic N) is 2. The molecule has 0 spiro atoms. The second kappa shape index (κ2) is 6.16. The van der Waals surface area contributed by atoms with Crippen molar-refractivity contribution in [2.24, 2.45) is 0 Å². The molecule has 0 amide bonds. The van der Waals surface area contributed by atoms with E-state index in [1.807, 2.05) is 6.92 Å². The molecule has 1 aromatic carbocycles. The molecule has 0 fully saturated rings. The highest BCUT2D eigenvalue weighted by atomic mass is 35.5. The van der Waals surface area contributed by atoms with Crippen LogP contribution in [0.3, 0.4) is 0 Å². The molecular weight excluding hydrogens is 326 g/mol. The van der Waals surface area contributed by atoms with Crippen LogP contribution < -0.4 is 5.32 Å². The van der Waals surface area contributed by atoms with Gasteiger partial charge in [-0.25, -0.2) is 4.98 Å². The fourth-order valence-corrected chi connectivity index (χ4v) is 2.63. The van der Waals surface area contributed by atoms with Gasteiger partial charge in [-0.15, -0.1) is 0 Å². The number of hydrogen-bond acceptors (Lipinski definition) is 5. The topological polar surface area (TPSA) is 82.1 Å². The first kappa shape index (κ1) is 16.3. The number of pyridine rings is 1. The summed E-state index contributed by atoms with van der Waals surface area (Å²) >= 11 is 5.98. The van der Waals surface area contributed by atoms with Gasteiger partial charge >= 0.3 is 0 Å². The molecule has 2 N–H and O–H groups in total. The van der Waals surface area contributed by atoms with Crippen molar-refractivity contribution in [3.63, 3.8) is 0 Å². The molecular formula is C18H16ClN3O2. The zero-order chi connectivity index (χ0) is 17.3. The van der Waals surface area contributed by atoms with Crippen molar-refractivity contribution in [2.75, 3.05) is 11.9 Å². The van der Waals surface area contributed by atoms with Crippen LogP contribution in [0.25, 0.3) is 10.9 Å². The quantitative estimate of drug-likeness (QED) is 0.750. The van der Waals surface area contributed by atoms with Crippen molar-refractivity contribution in [1.82, 2.24) is 4.98 Å². The number of nitriles is 1. The Hall–Kier alpha value is -2.55. The van der Waals surface area contributed by atoms with Crippen molar-refractivity contribution in [3.8, 4) is 6.07 Å². The van der Waals surface area contributed by atoms with Crippen molar-refractivity contribution in [3.05, 3.63) is 58.5 Å². The SMILES string of the molecule is Cc1ccc(C(C)(O)CNc2cc(C#N)c3cc(Cl)ccc3n2)o1. The molecule has 2 heterocycles. The van der Waals surface area contributed by atoms with Crippen LogP contribution >= 0.6 is 11.6 Å². The number of aliphatic hydroxyl groups is 1. The van der Waals surface area contributed by atoms with Gasteiger partial charge in [0.2, 0.25) is 0 Å². The highest BCUT2D eigenvalue weighted by molar-refractivity contribution is 6.31. The summed E-state index contributed by atoms with van der Waals surface area (Å²) in [5, 5.41) is 24.2. The van der Waals surface area contributed by atoms with Crippen LogP contribution in [0.2, 0.25) is 5.02 Å². The number of halogens is 1. The molecule has 24 heavy (non-hydrogen) atoms. The molecule has 0 aliphatic heterocycles. The minimum Gasteiger partial charge on any atom is -0.463 e. The average Bonchev–Trinajstić information content (AvgIpc) is 3.00. The van der Waals surface area contributed by atoms with Crippen molar-refractivity contribution in [1.29, 1.82) is 5.26 Å². The second-order valence-electron chi connectivity index (χ2n) is 5.87. The molecule has 6 heteroatoms. The molecule has 2 aromatic heterocycles. The van der Waals surface area contributed by atoms with Gasteiger partial charge in [-0.3, -0.25) is 0 Å². The van der Waals surface area contributed by atoms with Gasteiger partial charge in [0.05, 0.1) is 23.7 Å². The Bertz CT molecular complexity index is 941. The standard InChI is InChI=1S/C18H16ClN3O2/c1-11-3-6-16(24-11)18(2,23)10-21-17-7-12(9-20)14-8-13(19)4-5-15(14)22-17/h3-8,23H,10H2,1-2H3,(H,21,22). The number of anilines is 1. The number of fused-ring (bicyclic) bond motifs is 1. The van der Waals surface area contributed by atoms with E-state index < -0.39 is 5.60 Å². The Morgan fingerprint density at radius 1 is 1.33 bits per heavy atom. The van der Waals surface area contributed by atoms with Crippen LogP contribution in [-0.2, 0) is 5.60 Å². The van der Waals surface area contributed by atoms with Gasteiger partial charge in [0, 0.05) is 10.4 Å². The first-order valence-electron chi connectivity index (χ1n) is 7.42. The Kier molecular flexibility index (Phi) is 4.18. The lowest BCUT2D eigenvalue weighted by Gasteiger charge is -2.21. The maximum atomic E-state index is 10.6. The predicted octanol–water partition coefficient (Wildman–Crippen LogP) is 3.98. The largest absolute Gasteiger partial charge is 0.463 e. The molecule has 5 nitrogen and oxygen atoms in total. The molecule has 0 radical (unpaired) electrons. The van der Waals surface area contributed by atoms with E-state index in [4.69, 9.17) is 16.0 Å². The molecule has 0 saturated carbocycles. The monoisotopic (exact) mass is 341 g/mol. The number of hydrogen-bond donors (Lipinski definition) is 2. The van der Waals surface area contributed by atoms with Crippen LogP contribution in [-0.4, -0.2) is 16.6 Å². The number of benzene rings is 1. The summed E-state index contributed by atoms with van der Waals surface area (Å²) in [5.74, 6) is 1.71. The van der Waals surface area contributed by atoms with E-state index in [1.165, 1.54) is 0 Å². The lowest BCUT2D eigenvalue weighted by atomic mass is 10.0. The van der Waals surface area contributed by atoms with Crippen molar-refractivity contribution in [2.45, 2.75) is 19.4 Å². The van der Waals surface area contributed by atoms with Crippen LogP contribution in [0.5, 0.6) is 0 Å². The minimum atomic E-state index is -1.20. The van der Waals surface area contributed by atoms with E-state index in [0.29, 0.717) is 33.1 Å². The van der Waals surface area contributed by atoms with Gasteiger partial charge < -0.3 is 14.8 Å². The number of nitrogens with one attached hydrogen (secondary N) is 1. The van der Waals surface area contributed by atoms with Gasteiger partial charge in [0.15, 0.2) is 0 Å². The summed E-state index contributed by atoms with van der Waals surface area (Å²) in [6.45, 7) is 3.67. The van der Waals surface area contributed by atoms with Gasteiger partial charge in [0.25, 0.3) is 0 Å². The molecule has 0 saturated heterocycles.